The molecule has 1 aliphatic rings. The second-order valence-electron chi connectivity index (χ2n) is 5.47. The molecule has 2 aromatic rings. The number of rotatable bonds is 5. The second kappa shape index (κ2) is 6.76. The number of benzene rings is 1. The van der Waals surface area contributed by atoms with Gasteiger partial charge in [-0.15, -0.1) is 0 Å². The zero-order valence-corrected chi connectivity index (χ0v) is 12.9. The van der Waals surface area contributed by atoms with Crippen molar-refractivity contribution in [2.45, 2.75) is 32.3 Å². The van der Waals surface area contributed by atoms with Crippen LogP contribution in [0.2, 0.25) is 0 Å². The van der Waals surface area contributed by atoms with E-state index in [1.54, 1.807) is 12.1 Å². The number of aromatic nitrogens is 2. The summed E-state index contributed by atoms with van der Waals surface area (Å²) in [5, 5.41) is 3.88. The molecule has 6 nitrogen and oxygen atoms in total. The fourth-order valence-electron chi connectivity index (χ4n) is 2.61. The summed E-state index contributed by atoms with van der Waals surface area (Å²) >= 11 is 0. The Labute approximate surface area is 133 Å². The number of likely N-dealkylation sites (tertiary alicyclic amines) is 1. The van der Waals surface area contributed by atoms with E-state index in [1.165, 1.54) is 12.1 Å². The van der Waals surface area contributed by atoms with Crippen LogP contribution in [0.3, 0.4) is 0 Å². The van der Waals surface area contributed by atoms with Crippen molar-refractivity contribution in [2.75, 3.05) is 13.1 Å². The number of amides is 1. The van der Waals surface area contributed by atoms with Gasteiger partial charge in [0.15, 0.2) is 6.61 Å². The van der Waals surface area contributed by atoms with Crippen LogP contribution in [0.4, 0.5) is 4.39 Å². The van der Waals surface area contributed by atoms with E-state index in [9.17, 15) is 9.18 Å². The maximum absolute atomic E-state index is 13.1. The molecule has 0 bridgehead atoms. The zero-order chi connectivity index (χ0) is 16.2. The Morgan fingerprint density at radius 1 is 1.52 bits per heavy atom. The van der Waals surface area contributed by atoms with Gasteiger partial charge in [-0.25, -0.2) is 4.39 Å². The Bertz CT molecular complexity index is 689. The minimum atomic E-state index is -0.358. The van der Waals surface area contributed by atoms with Crippen molar-refractivity contribution in [1.82, 2.24) is 15.0 Å². The number of carbonyl (C=O) groups excluding carboxylic acids is 1. The van der Waals surface area contributed by atoms with E-state index >= 15 is 0 Å². The van der Waals surface area contributed by atoms with Crippen molar-refractivity contribution in [3.8, 4) is 5.75 Å². The molecule has 0 N–H and O–H groups in total. The summed E-state index contributed by atoms with van der Waals surface area (Å²) in [5.41, 5.74) is 0. The van der Waals surface area contributed by atoms with Gasteiger partial charge in [0.1, 0.15) is 11.6 Å². The maximum atomic E-state index is 13.1. The lowest BCUT2D eigenvalue weighted by molar-refractivity contribution is -0.129. The predicted octanol–water partition coefficient (Wildman–Crippen LogP) is 2.51. The molecule has 3 rings (SSSR count). The number of carbonyl (C=O) groups is 1. The molecule has 0 radical (unpaired) electrons. The van der Waals surface area contributed by atoms with Gasteiger partial charge in [-0.2, -0.15) is 4.98 Å². The van der Waals surface area contributed by atoms with Crippen molar-refractivity contribution < 1.29 is 18.4 Å². The summed E-state index contributed by atoms with van der Waals surface area (Å²) in [5.74, 6) is 1.20. The smallest absolute Gasteiger partial charge is 0.231 e. The molecule has 0 unspecified atom stereocenters. The van der Waals surface area contributed by atoms with Crippen LogP contribution >= 0.6 is 0 Å². The van der Waals surface area contributed by atoms with E-state index in [4.69, 9.17) is 9.26 Å². The second-order valence-corrected chi connectivity index (χ2v) is 5.47. The first-order valence-corrected chi connectivity index (χ1v) is 7.64. The summed E-state index contributed by atoms with van der Waals surface area (Å²) in [6.07, 6.45) is 1.32. The Balaban J connectivity index is 1.57. The zero-order valence-electron chi connectivity index (χ0n) is 12.9. The number of hydrogen-bond acceptors (Lipinski definition) is 5. The van der Waals surface area contributed by atoms with Gasteiger partial charge in [0.05, 0.1) is 5.92 Å². The van der Waals surface area contributed by atoms with Gasteiger partial charge in [0.25, 0.3) is 0 Å². The first-order chi connectivity index (χ1) is 11.2. The minimum absolute atomic E-state index is 0.0703. The molecule has 1 aromatic heterocycles. The van der Waals surface area contributed by atoms with Crippen LogP contribution in [0, 0.1) is 5.82 Å². The number of ether oxygens (including phenoxy) is 1. The van der Waals surface area contributed by atoms with Crippen LogP contribution in [0.1, 0.15) is 37.4 Å². The van der Waals surface area contributed by atoms with Gasteiger partial charge in [0.2, 0.25) is 17.6 Å². The average molecular weight is 319 g/mol. The van der Waals surface area contributed by atoms with Crippen molar-refractivity contribution >= 4 is 5.91 Å². The highest BCUT2D eigenvalue weighted by molar-refractivity contribution is 5.76. The van der Waals surface area contributed by atoms with Gasteiger partial charge in [0, 0.05) is 25.6 Å². The Hall–Kier alpha value is -2.44. The molecule has 7 heteroatoms. The lowest BCUT2D eigenvalue weighted by Gasteiger charge is -2.13. The van der Waals surface area contributed by atoms with Crippen molar-refractivity contribution in [1.29, 1.82) is 0 Å². The summed E-state index contributed by atoms with van der Waals surface area (Å²) < 4.78 is 23.8. The largest absolute Gasteiger partial charge is 0.485 e. The van der Waals surface area contributed by atoms with E-state index in [0.717, 1.165) is 13.0 Å². The number of hydrogen-bond donors (Lipinski definition) is 0. The van der Waals surface area contributed by atoms with E-state index in [0.29, 0.717) is 30.4 Å². The molecule has 0 spiro atoms. The van der Waals surface area contributed by atoms with E-state index in [1.807, 2.05) is 11.8 Å². The van der Waals surface area contributed by atoms with Gasteiger partial charge >= 0.3 is 0 Å². The lowest BCUT2D eigenvalue weighted by atomic mass is 10.1. The molecule has 1 aromatic carbocycles. The third kappa shape index (κ3) is 3.67. The van der Waals surface area contributed by atoms with Crippen LogP contribution < -0.4 is 4.74 Å². The van der Waals surface area contributed by atoms with Crippen molar-refractivity contribution in [3.05, 3.63) is 41.8 Å². The van der Waals surface area contributed by atoms with Crippen LogP contribution in [0.15, 0.2) is 28.8 Å². The third-order valence-electron chi connectivity index (χ3n) is 3.84. The predicted molar refractivity (Wildman–Crippen MR) is 79.3 cm³/mol. The van der Waals surface area contributed by atoms with E-state index < -0.39 is 0 Å². The Morgan fingerprint density at radius 2 is 2.39 bits per heavy atom. The summed E-state index contributed by atoms with van der Waals surface area (Å²) in [4.78, 5) is 17.8. The SMILES string of the molecule is CCC(=O)N1CC[C@@H](c2nc(COc3cccc(F)c3)no2)C1. The van der Waals surface area contributed by atoms with Gasteiger partial charge in [-0.05, 0) is 18.6 Å². The molecule has 1 fully saturated rings. The van der Waals surface area contributed by atoms with Gasteiger partial charge < -0.3 is 14.2 Å². The van der Waals surface area contributed by atoms with Crippen LogP contribution in [-0.2, 0) is 11.4 Å². The molecule has 1 aliphatic heterocycles. The highest BCUT2D eigenvalue weighted by Gasteiger charge is 2.30. The van der Waals surface area contributed by atoms with Crippen LogP contribution in [0.5, 0.6) is 5.75 Å². The normalized spacial score (nSPS) is 17.5. The maximum Gasteiger partial charge on any atom is 0.231 e. The van der Waals surface area contributed by atoms with Crippen molar-refractivity contribution in [2.24, 2.45) is 0 Å². The standard InChI is InChI=1S/C16H18FN3O3/c1-2-15(21)20-7-6-11(9-20)16-18-14(19-23-16)10-22-13-5-3-4-12(17)8-13/h3-5,8,11H,2,6-7,9-10H2,1H3/t11-/m1/s1. The van der Waals surface area contributed by atoms with Gasteiger partial charge in [-0.3, -0.25) is 4.79 Å². The van der Waals surface area contributed by atoms with Crippen molar-refractivity contribution in [3.63, 3.8) is 0 Å². The van der Waals surface area contributed by atoms with Gasteiger partial charge in [-0.1, -0.05) is 18.1 Å². The molecule has 23 heavy (non-hydrogen) atoms. The molecule has 122 valence electrons. The Kier molecular flexibility index (Phi) is 4.55. The first kappa shape index (κ1) is 15.5. The molecule has 1 atom stereocenters. The molecular weight excluding hydrogens is 301 g/mol. The molecule has 0 aliphatic carbocycles. The third-order valence-corrected chi connectivity index (χ3v) is 3.84. The number of nitrogens with zero attached hydrogens (tertiary/aromatic N) is 3. The topological polar surface area (TPSA) is 68.5 Å². The molecule has 1 amide bonds. The fraction of sp³-hybridized carbons (Fsp3) is 0.438. The summed E-state index contributed by atoms with van der Waals surface area (Å²) in [7, 11) is 0. The average Bonchev–Trinajstić information content (AvgIpc) is 3.21. The molecule has 1 saturated heterocycles. The molecule has 2 heterocycles. The Morgan fingerprint density at radius 3 is 3.17 bits per heavy atom. The highest BCUT2D eigenvalue weighted by atomic mass is 19.1. The lowest BCUT2D eigenvalue weighted by Crippen LogP contribution is -2.27. The van der Waals surface area contributed by atoms with E-state index in [2.05, 4.69) is 10.1 Å². The number of halogens is 1. The summed E-state index contributed by atoms with van der Waals surface area (Å²) in [6.45, 7) is 3.29. The monoisotopic (exact) mass is 319 g/mol. The van der Waals surface area contributed by atoms with E-state index in [-0.39, 0.29) is 24.2 Å². The molecule has 0 saturated carbocycles. The highest BCUT2D eigenvalue weighted by Crippen LogP contribution is 2.26. The van der Waals surface area contributed by atoms with Crippen LogP contribution in [-0.4, -0.2) is 34.0 Å². The fourth-order valence-corrected chi connectivity index (χ4v) is 2.61. The molecular formula is C16H18FN3O3. The van der Waals surface area contributed by atoms with Crippen LogP contribution in [0.25, 0.3) is 0 Å². The minimum Gasteiger partial charge on any atom is -0.485 e. The quantitative estimate of drug-likeness (QED) is 0.847. The summed E-state index contributed by atoms with van der Waals surface area (Å²) in [6, 6.07) is 5.88. The first-order valence-electron chi connectivity index (χ1n) is 7.64.